The minimum Gasteiger partial charge on any atom is -0.166 e. The molecule has 0 bridgehead atoms. The highest BCUT2D eigenvalue weighted by Gasteiger charge is 2.30. The van der Waals surface area contributed by atoms with Gasteiger partial charge in [0, 0.05) is 5.57 Å². The summed E-state index contributed by atoms with van der Waals surface area (Å²) in [6, 6.07) is 0. The molecule has 0 saturated carbocycles. The van der Waals surface area contributed by atoms with Crippen molar-refractivity contribution in [2.24, 2.45) is 0 Å². The zero-order chi connectivity index (χ0) is 10.5. The largest absolute Gasteiger partial charge is 0.415 e. The van der Waals surface area contributed by atoms with Gasteiger partial charge in [0.05, 0.1) is 0 Å². The molecule has 0 atom stereocenters. The first-order chi connectivity index (χ1) is 5.91. The molecule has 3 heteroatoms. The van der Waals surface area contributed by atoms with Gasteiger partial charge in [-0.3, -0.25) is 0 Å². The first-order valence-corrected chi connectivity index (χ1v) is 4.01. The van der Waals surface area contributed by atoms with Crippen LogP contribution in [-0.2, 0) is 0 Å². The second kappa shape index (κ2) is 4.90. The van der Waals surface area contributed by atoms with Crippen molar-refractivity contribution < 1.29 is 13.2 Å². The molecule has 0 saturated heterocycles. The third-order valence-corrected chi connectivity index (χ3v) is 1.52. The minimum atomic E-state index is -4.33. The molecule has 0 aromatic heterocycles. The standard InChI is InChI=1S/C10H13F3/c1-4-6-9(5-2)7-8(3)10(11,12)13/h5,7H,2-4,6H2,1H3/b9-7+. The molecule has 0 N–H and O–H groups in total. The van der Waals surface area contributed by atoms with Gasteiger partial charge in [-0.1, -0.05) is 32.6 Å². The van der Waals surface area contributed by atoms with Crippen LogP contribution >= 0.6 is 0 Å². The number of halogens is 3. The van der Waals surface area contributed by atoms with E-state index in [1.165, 1.54) is 6.08 Å². The van der Waals surface area contributed by atoms with Crippen LogP contribution in [0.5, 0.6) is 0 Å². The summed E-state index contributed by atoms with van der Waals surface area (Å²) in [6.07, 6.45) is -0.472. The number of alkyl halides is 3. The highest BCUT2D eigenvalue weighted by Crippen LogP contribution is 2.26. The summed E-state index contributed by atoms with van der Waals surface area (Å²) in [4.78, 5) is 0. The van der Waals surface area contributed by atoms with Crippen molar-refractivity contribution in [1.82, 2.24) is 0 Å². The first-order valence-electron chi connectivity index (χ1n) is 4.01. The van der Waals surface area contributed by atoms with Crippen molar-refractivity contribution in [1.29, 1.82) is 0 Å². The van der Waals surface area contributed by atoms with E-state index < -0.39 is 11.7 Å². The summed E-state index contributed by atoms with van der Waals surface area (Å²) >= 11 is 0. The average molecular weight is 190 g/mol. The molecule has 0 aliphatic heterocycles. The van der Waals surface area contributed by atoms with Gasteiger partial charge in [0.1, 0.15) is 0 Å². The van der Waals surface area contributed by atoms with Gasteiger partial charge in [-0.25, -0.2) is 0 Å². The summed E-state index contributed by atoms with van der Waals surface area (Å²) in [5.41, 5.74) is -0.249. The summed E-state index contributed by atoms with van der Waals surface area (Å²) < 4.78 is 36.0. The Balaban J connectivity index is 4.51. The Hall–Kier alpha value is -0.990. The molecule has 0 spiro atoms. The van der Waals surface area contributed by atoms with Gasteiger partial charge in [-0.2, -0.15) is 13.2 Å². The van der Waals surface area contributed by atoms with Crippen LogP contribution in [0.3, 0.4) is 0 Å². The lowest BCUT2D eigenvalue weighted by atomic mass is 10.1. The van der Waals surface area contributed by atoms with Crippen LogP contribution in [0, 0.1) is 0 Å². The Labute approximate surface area is 76.5 Å². The Morgan fingerprint density at radius 3 is 2.23 bits per heavy atom. The van der Waals surface area contributed by atoms with Crippen LogP contribution in [0.25, 0.3) is 0 Å². The van der Waals surface area contributed by atoms with Gasteiger partial charge in [0.15, 0.2) is 0 Å². The maximum atomic E-state index is 12.0. The molecular weight excluding hydrogens is 177 g/mol. The molecule has 0 nitrogen and oxygen atoms in total. The summed E-state index contributed by atoms with van der Waals surface area (Å²) in [5.74, 6) is 0. The van der Waals surface area contributed by atoms with E-state index in [2.05, 4.69) is 13.2 Å². The third kappa shape index (κ3) is 4.55. The molecule has 0 radical (unpaired) electrons. The molecule has 0 heterocycles. The van der Waals surface area contributed by atoms with E-state index in [0.717, 1.165) is 12.5 Å². The van der Waals surface area contributed by atoms with E-state index in [4.69, 9.17) is 0 Å². The fraction of sp³-hybridized carbons (Fsp3) is 0.400. The maximum Gasteiger partial charge on any atom is 0.415 e. The SMILES string of the molecule is C=C/C(=C\C(=C)C(F)(F)F)CCC. The summed E-state index contributed by atoms with van der Waals surface area (Å²) in [5, 5.41) is 0. The van der Waals surface area contributed by atoms with E-state index in [1.807, 2.05) is 6.92 Å². The zero-order valence-corrected chi connectivity index (χ0v) is 7.62. The lowest BCUT2D eigenvalue weighted by molar-refractivity contribution is -0.0878. The molecule has 0 amide bonds. The number of hydrogen-bond acceptors (Lipinski definition) is 0. The van der Waals surface area contributed by atoms with E-state index in [0.29, 0.717) is 12.0 Å². The Bertz CT molecular complexity index is 221. The van der Waals surface area contributed by atoms with E-state index >= 15 is 0 Å². The highest BCUT2D eigenvalue weighted by atomic mass is 19.4. The molecule has 0 rings (SSSR count). The fourth-order valence-corrected chi connectivity index (χ4v) is 0.827. The predicted molar refractivity (Wildman–Crippen MR) is 48.4 cm³/mol. The number of hydrogen-bond donors (Lipinski definition) is 0. The Kier molecular flexibility index (Phi) is 4.52. The molecule has 13 heavy (non-hydrogen) atoms. The highest BCUT2D eigenvalue weighted by molar-refractivity contribution is 5.30. The number of allylic oxidation sites excluding steroid dienone is 4. The van der Waals surface area contributed by atoms with Crippen molar-refractivity contribution in [3.8, 4) is 0 Å². The quantitative estimate of drug-likeness (QED) is 0.587. The van der Waals surface area contributed by atoms with Gasteiger partial charge in [0.25, 0.3) is 0 Å². The average Bonchev–Trinajstić information content (AvgIpc) is 2.01. The van der Waals surface area contributed by atoms with Crippen molar-refractivity contribution in [2.75, 3.05) is 0 Å². The van der Waals surface area contributed by atoms with E-state index in [1.54, 1.807) is 0 Å². The zero-order valence-electron chi connectivity index (χ0n) is 7.62. The Morgan fingerprint density at radius 2 is 1.92 bits per heavy atom. The summed E-state index contributed by atoms with van der Waals surface area (Å²) in [6.45, 7) is 8.28. The smallest absolute Gasteiger partial charge is 0.166 e. The van der Waals surface area contributed by atoms with Crippen LogP contribution in [0.4, 0.5) is 13.2 Å². The van der Waals surface area contributed by atoms with Crippen LogP contribution in [0.15, 0.2) is 36.5 Å². The van der Waals surface area contributed by atoms with Gasteiger partial charge < -0.3 is 0 Å². The van der Waals surface area contributed by atoms with Gasteiger partial charge in [0.2, 0.25) is 0 Å². The normalized spacial score (nSPS) is 12.8. The molecule has 0 unspecified atom stereocenters. The van der Waals surface area contributed by atoms with Crippen LogP contribution in [-0.4, -0.2) is 6.18 Å². The van der Waals surface area contributed by atoms with Crippen molar-refractivity contribution in [3.63, 3.8) is 0 Å². The van der Waals surface area contributed by atoms with E-state index in [-0.39, 0.29) is 0 Å². The molecule has 0 aliphatic carbocycles. The van der Waals surface area contributed by atoms with Crippen LogP contribution in [0.2, 0.25) is 0 Å². The topological polar surface area (TPSA) is 0 Å². The minimum absolute atomic E-state index is 0.574. The van der Waals surface area contributed by atoms with E-state index in [9.17, 15) is 13.2 Å². The van der Waals surface area contributed by atoms with Crippen molar-refractivity contribution in [2.45, 2.75) is 25.9 Å². The monoisotopic (exact) mass is 190 g/mol. The molecule has 0 fully saturated rings. The fourth-order valence-electron chi connectivity index (χ4n) is 0.827. The molecular formula is C10H13F3. The first kappa shape index (κ1) is 12.0. The second-order valence-corrected chi connectivity index (χ2v) is 2.70. The molecule has 0 aromatic rings. The lowest BCUT2D eigenvalue weighted by Crippen LogP contribution is -2.08. The molecule has 0 aromatic carbocycles. The Morgan fingerprint density at radius 1 is 1.38 bits per heavy atom. The van der Waals surface area contributed by atoms with Crippen molar-refractivity contribution >= 4 is 0 Å². The van der Waals surface area contributed by atoms with Crippen LogP contribution < -0.4 is 0 Å². The van der Waals surface area contributed by atoms with Gasteiger partial charge in [-0.15, -0.1) is 0 Å². The molecule has 0 aliphatic rings. The van der Waals surface area contributed by atoms with Gasteiger partial charge in [-0.05, 0) is 18.1 Å². The lowest BCUT2D eigenvalue weighted by Gasteiger charge is -2.07. The second-order valence-electron chi connectivity index (χ2n) is 2.70. The van der Waals surface area contributed by atoms with Crippen molar-refractivity contribution in [3.05, 3.63) is 36.5 Å². The summed E-state index contributed by atoms with van der Waals surface area (Å²) in [7, 11) is 0. The molecule has 74 valence electrons. The third-order valence-electron chi connectivity index (χ3n) is 1.52. The number of rotatable bonds is 4. The van der Waals surface area contributed by atoms with Crippen LogP contribution in [0.1, 0.15) is 19.8 Å². The van der Waals surface area contributed by atoms with Gasteiger partial charge >= 0.3 is 6.18 Å². The predicted octanol–water partition coefficient (Wildman–Crippen LogP) is 4.02. The maximum absolute atomic E-state index is 12.0.